The first-order valence-electron chi connectivity index (χ1n) is 9.80. The van der Waals surface area contributed by atoms with Crippen LogP contribution in [0.15, 0.2) is 9.95 Å². The van der Waals surface area contributed by atoms with Gasteiger partial charge in [-0.3, -0.25) is 14.2 Å². The van der Waals surface area contributed by atoms with Crippen LogP contribution < -0.4 is 10.9 Å². The number of aromatic nitrogens is 2. The fourth-order valence-corrected chi connectivity index (χ4v) is 5.58. The fraction of sp³-hybridized carbons (Fsp3) is 0.650. The molecule has 0 spiro atoms. The summed E-state index contributed by atoms with van der Waals surface area (Å²) in [6, 6.07) is 0.170. The Morgan fingerprint density at radius 3 is 2.74 bits per heavy atom. The quantitative estimate of drug-likeness (QED) is 0.558. The lowest BCUT2D eigenvalue weighted by Gasteiger charge is -2.15. The van der Waals surface area contributed by atoms with E-state index in [4.69, 9.17) is 4.98 Å². The van der Waals surface area contributed by atoms with Crippen LogP contribution in [0.25, 0.3) is 10.2 Å². The number of thiophene rings is 1. The Morgan fingerprint density at radius 1 is 1.26 bits per heavy atom. The van der Waals surface area contributed by atoms with Gasteiger partial charge in [0.2, 0.25) is 5.91 Å². The van der Waals surface area contributed by atoms with Gasteiger partial charge in [0.15, 0.2) is 5.16 Å². The predicted octanol–water partition coefficient (Wildman–Crippen LogP) is 3.91. The van der Waals surface area contributed by atoms with Crippen LogP contribution in [0.1, 0.15) is 56.9 Å². The second kappa shape index (κ2) is 8.78. The van der Waals surface area contributed by atoms with E-state index in [0.717, 1.165) is 42.3 Å². The standard InChI is InChI=1S/C20H29N3O2S2/c1-12(2)9-10-13(3)21-16(24)11-26-20-22-18-17(19(25)23(20)4)14-7-5-6-8-15(14)27-18/h12-13H,5-11H2,1-4H3,(H,21,24)/t13-/m1/s1. The number of thioether (sulfide) groups is 1. The highest BCUT2D eigenvalue weighted by molar-refractivity contribution is 7.99. The van der Waals surface area contributed by atoms with E-state index in [2.05, 4.69) is 19.2 Å². The number of carbonyl (C=O) groups excluding carboxylic acids is 1. The minimum atomic E-state index is -0.00363. The Bertz CT molecular complexity index is 885. The molecule has 7 heteroatoms. The normalized spacial score (nSPS) is 15.1. The maximum Gasteiger partial charge on any atom is 0.262 e. The van der Waals surface area contributed by atoms with Crippen molar-refractivity contribution in [2.75, 3.05) is 5.75 Å². The van der Waals surface area contributed by atoms with Crippen molar-refractivity contribution in [1.29, 1.82) is 0 Å². The zero-order valence-electron chi connectivity index (χ0n) is 16.6. The molecule has 5 nitrogen and oxygen atoms in total. The van der Waals surface area contributed by atoms with E-state index in [1.165, 1.54) is 28.6 Å². The fourth-order valence-electron chi connectivity index (χ4n) is 3.50. The first kappa shape index (κ1) is 20.4. The van der Waals surface area contributed by atoms with Gasteiger partial charge in [-0.1, -0.05) is 25.6 Å². The molecule has 27 heavy (non-hydrogen) atoms. The van der Waals surface area contributed by atoms with Crippen LogP contribution in [0.2, 0.25) is 0 Å². The van der Waals surface area contributed by atoms with E-state index < -0.39 is 0 Å². The third-order valence-electron chi connectivity index (χ3n) is 5.07. The van der Waals surface area contributed by atoms with Gasteiger partial charge in [-0.2, -0.15) is 0 Å². The van der Waals surface area contributed by atoms with Crippen molar-refractivity contribution >= 4 is 39.2 Å². The first-order chi connectivity index (χ1) is 12.9. The molecule has 0 aromatic carbocycles. The van der Waals surface area contributed by atoms with Gasteiger partial charge in [-0.15, -0.1) is 11.3 Å². The Hall–Kier alpha value is -1.34. The minimum absolute atomic E-state index is 0.00363. The molecule has 0 saturated carbocycles. The Balaban J connectivity index is 1.69. The number of aryl methyl sites for hydroxylation is 2. The first-order valence-corrected chi connectivity index (χ1v) is 11.6. The van der Waals surface area contributed by atoms with E-state index in [1.807, 2.05) is 6.92 Å². The molecule has 2 heterocycles. The molecule has 0 aliphatic heterocycles. The highest BCUT2D eigenvalue weighted by Crippen LogP contribution is 2.34. The third kappa shape index (κ3) is 4.74. The summed E-state index contributed by atoms with van der Waals surface area (Å²) in [4.78, 5) is 32.0. The summed E-state index contributed by atoms with van der Waals surface area (Å²) in [5.41, 5.74) is 1.23. The molecule has 1 amide bonds. The number of nitrogens with zero attached hydrogens (tertiary/aromatic N) is 2. The van der Waals surface area contributed by atoms with Crippen molar-refractivity contribution < 1.29 is 4.79 Å². The SMILES string of the molecule is CC(C)CC[C@@H](C)NC(=O)CSc1nc2sc3c(c2c(=O)n1C)CCCC3. The molecule has 2 aromatic rings. The average molecular weight is 408 g/mol. The predicted molar refractivity (Wildman–Crippen MR) is 114 cm³/mol. The maximum absolute atomic E-state index is 12.9. The van der Waals surface area contributed by atoms with Gasteiger partial charge in [0.25, 0.3) is 5.56 Å². The molecule has 0 unspecified atom stereocenters. The molecular weight excluding hydrogens is 378 g/mol. The summed E-state index contributed by atoms with van der Waals surface area (Å²) in [6.45, 7) is 6.42. The van der Waals surface area contributed by atoms with Crippen molar-refractivity contribution in [2.24, 2.45) is 13.0 Å². The monoisotopic (exact) mass is 407 g/mol. The Labute approximate surface area is 169 Å². The second-order valence-electron chi connectivity index (χ2n) is 7.88. The van der Waals surface area contributed by atoms with Crippen molar-refractivity contribution in [1.82, 2.24) is 14.9 Å². The molecule has 1 N–H and O–H groups in total. The lowest BCUT2D eigenvalue weighted by Crippen LogP contribution is -2.34. The Morgan fingerprint density at radius 2 is 2.00 bits per heavy atom. The number of rotatable bonds is 7. The highest BCUT2D eigenvalue weighted by Gasteiger charge is 2.21. The van der Waals surface area contributed by atoms with Crippen LogP contribution in [0.5, 0.6) is 0 Å². The summed E-state index contributed by atoms with van der Waals surface area (Å²) in [7, 11) is 1.76. The van der Waals surface area contributed by atoms with Gasteiger partial charge in [0.05, 0.1) is 11.1 Å². The Kier molecular flexibility index (Phi) is 6.63. The topological polar surface area (TPSA) is 64.0 Å². The van der Waals surface area contributed by atoms with Crippen molar-refractivity contribution in [3.8, 4) is 0 Å². The van der Waals surface area contributed by atoms with Gasteiger partial charge in [-0.05, 0) is 56.9 Å². The maximum atomic E-state index is 12.9. The van der Waals surface area contributed by atoms with E-state index in [1.54, 1.807) is 23.0 Å². The summed E-state index contributed by atoms with van der Waals surface area (Å²) in [5.74, 6) is 0.917. The van der Waals surface area contributed by atoms with E-state index in [0.29, 0.717) is 11.1 Å². The van der Waals surface area contributed by atoms with E-state index in [-0.39, 0.29) is 23.3 Å². The smallest absolute Gasteiger partial charge is 0.262 e. The van der Waals surface area contributed by atoms with Crippen LogP contribution in [0.4, 0.5) is 0 Å². The molecule has 0 bridgehead atoms. The molecule has 0 radical (unpaired) electrons. The largest absolute Gasteiger partial charge is 0.353 e. The van der Waals surface area contributed by atoms with E-state index >= 15 is 0 Å². The average Bonchev–Trinajstić information content (AvgIpc) is 3.00. The molecule has 2 aromatic heterocycles. The summed E-state index contributed by atoms with van der Waals surface area (Å²) < 4.78 is 1.60. The van der Waals surface area contributed by atoms with Gasteiger partial charge in [0, 0.05) is 18.0 Å². The number of fused-ring (bicyclic) bond motifs is 3. The van der Waals surface area contributed by atoms with Crippen molar-refractivity contribution in [3.05, 3.63) is 20.8 Å². The third-order valence-corrected chi connectivity index (χ3v) is 7.29. The number of hydrogen-bond acceptors (Lipinski definition) is 5. The van der Waals surface area contributed by atoms with Gasteiger partial charge in [0.1, 0.15) is 4.83 Å². The molecular formula is C20H29N3O2S2. The van der Waals surface area contributed by atoms with Gasteiger partial charge >= 0.3 is 0 Å². The number of carbonyl (C=O) groups is 1. The van der Waals surface area contributed by atoms with Crippen molar-refractivity contribution in [2.45, 2.75) is 70.5 Å². The van der Waals surface area contributed by atoms with Gasteiger partial charge in [-0.25, -0.2) is 4.98 Å². The van der Waals surface area contributed by atoms with Crippen LogP contribution in [0, 0.1) is 5.92 Å². The van der Waals surface area contributed by atoms with Crippen molar-refractivity contribution in [3.63, 3.8) is 0 Å². The minimum Gasteiger partial charge on any atom is -0.353 e. The highest BCUT2D eigenvalue weighted by atomic mass is 32.2. The number of nitrogens with one attached hydrogen (secondary N) is 1. The molecule has 1 aliphatic carbocycles. The zero-order chi connectivity index (χ0) is 19.6. The van der Waals surface area contributed by atoms with E-state index in [9.17, 15) is 9.59 Å². The lowest BCUT2D eigenvalue weighted by atomic mass is 9.97. The van der Waals surface area contributed by atoms with Gasteiger partial charge < -0.3 is 5.32 Å². The molecule has 3 rings (SSSR count). The second-order valence-corrected chi connectivity index (χ2v) is 9.90. The van der Waals surface area contributed by atoms with Crippen LogP contribution >= 0.6 is 23.1 Å². The zero-order valence-corrected chi connectivity index (χ0v) is 18.3. The number of hydrogen-bond donors (Lipinski definition) is 1. The lowest BCUT2D eigenvalue weighted by molar-refractivity contribution is -0.119. The summed E-state index contributed by atoms with van der Waals surface area (Å²) >= 11 is 3.00. The van der Waals surface area contributed by atoms with Crippen LogP contribution in [-0.2, 0) is 24.7 Å². The van der Waals surface area contributed by atoms with Crippen LogP contribution in [0.3, 0.4) is 0 Å². The summed E-state index contributed by atoms with van der Waals surface area (Å²) in [6.07, 6.45) is 6.46. The number of amides is 1. The molecule has 0 saturated heterocycles. The molecule has 148 valence electrons. The molecule has 1 atom stereocenters. The van der Waals surface area contributed by atoms with Crippen LogP contribution in [-0.4, -0.2) is 27.3 Å². The summed E-state index contributed by atoms with van der Waals surface area (Å²) in [5, 5.41) is 4.46. The molecule has 0 fully saturated rings. The molecule has 1 aliphatic rings.